The summed E-state index contributed by atoms with van der Waals surface area (Å²) in [6.07, 6.45) is 1.97. The number of sulfonamides is 1. The summed E-state index contributed by atoms with van der Waals surface area (Å²) in [5.74, 6) is -0.406. The van der Waals surface area contributed by atoms with E-state index in [4.69, 9.17) is 0 Å². The monoisotopic (exact) mass is 535 g/mol. The number of anilines is 1. The lowest BCUT2D eigenvalue weighted by Gasteiger charge is -2.32. The lowest BCUT2D eigenvalue weighted by atomic mass is 10.0. The molecule has 0 heterocycles. The summed E-state index contributed by atoms with van der Waals surface area (Å²) in [5.41, 5.74) is 3.40. The molecule has 3 aromatic rings. The molecule has 3 rings (SSSR count). The summed E-state index contributed by atoms with van der Waals surface area (Å²) in [6, 6.07) is 25.8. The van der Waals surface area contributed by atoms with Crippen LogP contribution in [0.4, 0.5) is 5.69 Å². The minimum Gasteiger partial charge on any atom is -0.355 e. The van der Waals surface area contributed by atoms with Crippen molar-refractivity contribution in [2.45, 2.75) is 45.7 Å². The van der Waals surface area contributed by atoms with Crippen molar-refractivity contribution in [3.8, 4) is 0 Å². The van der Waals surface area contributed by atoms with Gasteiger partial charge in [-0.1, -0.05) is 72.8 Å². The van der Waals surface area contributed by atoms with Crippen LogP contribution in [0.15, 0.2) is 84.9 Å². The topological polar surface area (TPSA) is 86.8 Å². The van der Waals surface area contributed by atoms with Gasteiger partial charge in [0.25, 0.3) is 0 Å². The SMILES string of the molecule is CCNC(=O)[C@@H](Cc1ccccc1)N(Cc1ccccc1)C(=O)CCCN(c1cccc(C)c1)S(C)(=O)=O. The summed E-state index contributed by atoms with van der Waals surface area (Å²) < 4.78 is 26.4. The van der Waals surface area contributed by atoms with Crippen LogP contribution in [0, 0.1) is 6.92 Å². The van der Waals surface area contributed by atoms with Crippen LogP contribution in [0.1, 0.15) is 36.5 Å². The predicted molar refractivity (Wildman–Crippen MR) is 152 cm³/mol. The van der Waals surface area contributed by atoms with Gasteiger partial charge in [-0.2, -0.15) is 0 Å². The third-order valence-corrected chi connectivity index (χ3v) is 7.45. The molecular weight excluding hydrogens is 498 g/mol. The predicted octanol–water partition coefficient (Wildman–Crippen LogP) is 4.32. The van der Waals surface area contributed by atoms with Gasteiger partial charge in [0, 0.05) is 32.5 Å². The van der Waals surface area contributed by atoms with Gasteiger partial charge in [-0.3, -0.25) is 13.9 Å². The van der Waals surface area contributed by atoms with Crippen LogP contribution in [0.5, 0.6) is 0 Å². The van der Waals surface area contributed by atoms with Crippen molar-refractivity contribution in [1.29, 1.82) is 0 Å². The average Bonchev–Trinajstić information content (AvgIpc) is 2.89. The summed E-state index contributed by atoms with van der Waals surface area (Å²) in [6.45, 7) is 4.66. The fourth-order valence-corrected chi connectivity index (χ4v) is 5.37. The van der Waals surface area contributed by atoms with Gasteiger partial charge in [0.1, 0.15) is 6.04 Å². The summed E-state index contributed by atoms with van der Waals surface area (Å²) >= 11 is 0. The van der Waals surface area contributed by atoms with Crippen LogP contribution in [0.25, 0.3) is 0 Å². The van der Waals surface area contributed by atoms with Gasteiger partial charge < -0.3 is 10.2 Å². The zero-order valence-electron chi connectivity index (χ0n) is 22.3. The Morgan fingerprint density at radius 1 is 0.895 bits per heavy atom. The van der Waals surface area contributed by atoms with E-state index in [1.54, 1.807) is 11.0 Å². The van der Waals surface area contributed by atoms with E-state index < -0.39 is 16.1 Å². The normalized spacial score (nSPS) is 12.0. The molecule has 202 valence electrons. The van der Waals surface area contributed by atoms with Crippen LogP contribution in [0.3, 0.4) is 0 Å². The zero-order valence-corrected chi connectivity index (χ0v) is 23.2. The standard InChI is InChI=1S/C30H37N3O4S/c1-4-31-30(35)28(22-25-14-7-5-8-15-25)32(23-26-16-9-6-10-17-26)29(34)19-12-20-33(38(3,36)37)27-18-11-13-24(2)21-27/h5-11,13-18,21,28H,4,12,19-20,22-23H2,1-3H3,(H,31,35)/t28-/m1/s1. The van der Waals surface area contributed by atoms with E-state index in [9.17, 15) is 18.0 Å². The molecule has 8 heteroatoms. The fraction of sp³-hybridized carbons (Fsp3) is 0.333. The molecule has 0 spiro atoms. The molecule has 7 nitrogen and oxygen atoms in total. The second-order valence-electron chi connectivity index (χ2n) is 9.39. The molecule has 0 aromatic heterocycles. The maximum Gasteiger partial charge on any atom is 0.243 e. The first-order valence-corrected chi connectivity index (χ1v) is 14.7. The smallest absolute Gasteiger partial charge is 0.243 e. The van der Waals surface area contributed by atoms with Crippen molar-refractivity contribution in [1.82, 2.24) is 10.2 Å². The van der Waals surface area contributed by atoms with Crippen LogP contribution < -0.4 is 9.62 Å². The first kappa shape index (κ1) is 28.9. The Morgan fingerprint density at radius 3 is 2.11 bits per heavy atom. The molecule has 38 heavy (non-hydrogen) atoms. The number of nitrogens with zero attached hydrogens (tertiary/aromatic N) is 2. The highest BCUT2D eigenvalue weighted by Gasteiger charge is 2.30. The Labute approximate surface area is 226 Å². The number of carbonyl (C=O) groups excluding carboxylic acids is 2. The lowest BCUT2D eigenvalue weighted by Crippen LogP contribution is -2.50. The number of hydrogen-bond donors (Lipinski definition) is 1. The van der Waals surface area contributed by atoms with Gasteiger partial charge in [0.15, 0.2) is 0 Å². The minimum absolute atomic E-state index is 0.107. The molecule has 0 saturated heterocycles. The van der Waals surface area contributed by atoms with E-state index in [0.29, 0.717) is 25.1 Å². The molecule has 0 fully saturated rings. The summed E-state index contributed by atoms with van der Waals surface area (Å²) in [4.78, 5) is 28.5. The number of aryl methyl sites for hydroxylation is 1. The second kappa shape index (κ2) is 13.8. The molecule has 2 amide bonds. The number of nitrogens with one attached hydrogen (secondary N) is 1. The lowest BCUT2D eigenvalue weighted by molar-refractivity contribution is -0.141. The first-order chi connectivity index (χ1) is 18.2. The van der Waals surface area contributed by atoms with Gasteiger partial charge in [0.05, 0.1) is 11.9 Å². The minimum atomic E-state index is -3.53. The molecule has 3 aromatic carbocycles. The molecule has 0 bridgehead atoms. The molecule has 1 N–H and O–H groups in total. The van der Waals surface area contributed by atoms with Crippen LogP contribution in [0.2, 0.25) is 0 Å². The number of amides is 2. The highest BCUT2D eigenvalue weighted by Crippen LogP contribution is 2.21. The fourth-order valence-electron chi connectivity index (χ4n) is 4.41. The van der Waals surface area contributed by atoms with E-state index in [0.717, 1.165) is 16.7 Å². The molecule has 0 aliphatic carbocycles. The maximum absolute atomic E-state index is 13.7. The van der Waals surface area contributed by atoms with E-state index in [-0.39, 0.29) is 31.3 Å². The maximum atomic E-state index is 13.7. The second-order valence-corrected chi connectivity index (χ2v) is 11.3. The van der Waals surface area contributed by atoms with E-state index in [1.807, 2.05) is 92.7 Å². The van der Waals surface area contributed by atoms with Gasteiger partial charge in [-0.05, 0) is 49.1 Å². The highest BCUT2D eigenvalue weighted by molar-refractivity contribution is 7.92. The highest BCUT2D eigenvalue weighted by atomic mass is 32.2. The number of benzene rings is 3. The van der Waals surface area contributed by atoms with Crippen molar-refractivity contribution in [3.63, 3.8) is 0 Å². The Balaban J connectivity index is 1.84. The van der Waals surface area contributed by atoms with E-state index in [1.165, 1.54) is 10.6 Å². The van der Waals surface area contributed by atoms with E-state index >= 15 is 0 Å². The molecule has 0 unspecified atom stereocenters. The Bertz CT molecular complexity index is 1300. The number of hydrogen-bond acceptors (Lipinski definition) is 4. The van der Waals surface area contributed by atoms with Gasteiger partial charge >= 0.3 is 0 Å². The Kier molecular flexibility index (Phi) is 10.5. The molecular formula is C30H37N3O4S. The first-order valence-electron chi connectivity index (χ1n) is 12.9. The van der Waals surface area contributed by atoms with Gasteiger partial charge in [-0.15, -0.1) is 0 Å². The van der Waals surface area contributed by atoms with Crippen LogP contribution in [-0.4, -0.2) is 50.5 Å². The van der Waals surface area contributed by atoms with Crippen molar-refractivity contribution >= 4 is 27.5 Å². The van der Waals surface area contributed by atoms with Crippen LogP contribution in [-0.2, 0) is 32.6 Å². The number of carbonyl (C=O) groups is 2. The molecule has 0 aliphatic heterocycles. The third kappa shape index (κ3) is 8.45. The number of likely N-dealkylation sites (N-methyl/N-ethyl adjacent to an activating group) is 1. The van der Waals surface area contributed by atoms with E-state index in [2.05, 4.69) is 5.32 Å². The molecule has 0 aliphatic rings. The van der Waals surface area contributed by atoms with Crippen molar-refractivity contribution in [2.24, 2.45) is 0 Å². The summed E-state index contributed by atoms with van der Waals surface area (Å²) in [7, 11) is -3.53. The van der Waals surface area contributed by atoms with Gasteiger partial charge in [0.2, 0.25) is 21.8 Å². The molecule has 0 radical (unpaired) electrons. The third-order valence-electron chi connectivity index (χ3n) is 6.26. The Hall–Kier alpha value is -3.65. The summed E-state index contributed by atoms with van der Waals surface area (Å²) in [5, 5.41) is 2.89. The largest absolute Gasteiger partial charge is 0.355 e. The van der Waals surface area contributed by atoms with Gasteiger partial charge in [-0.25, -0.2) is 8.42 Å². The van der Waals surface area contributed by atoms with Crippen LogP contribution >= 0.6 is 0 Å². The Morgan fingerprint density at radius 2 is 1.53 bits per heavy atom. The van der Waals surface area contributed by atoms with Crippen molar-refractivity contribution in [3.05, 3.63) is 102 Å². The number of rotatable bonds is 13. The molecule has 0 saturated carbocycles. The molecule has 1 atom stereocenters. The van der Waals surface area contributed by atoms with Crippen molar-refractivity contribution < 1.29 is 18.0 Å². The van der Waals surface area contributed by atoms with Crippen molar-refractivity contribution in [2.75, 3.05) is 23.7 Å². The zero-order chi connectivity index (χ0) is 27.5. The average molecular weight is 536 g/mol. The quantitative estimate of drug-likeness (QED) is 0.353.